The summed E-state index contributed by atoms with van der Waals surface area (Å²) in [6.45, 7) is 2.27. The number of hydrogen-bond donors (Lipinski definition) is 4. The van der Waals surface area contributed by atoms with Crippen molar-refractivity contribution in [3.8, 4) is 17.2 Å². The number of carbonyl (C=O) groups excluding carboxylic acids is 2. The maximum Gasteiger partial charge on any atom is 0.258 e. The summed E-state index contributed by atoms with van der Waals surface area (Å²) in [5, 5.41) is 30.5. The van der Waals surface area contributed by atoms with Crippen LogP contribution < -0.4 is 5.32 Å². The third-order valence-corrected chi connectivity index (χ3v) is 7.32. The molecule has 200 valence electrons. The van der Waals surface area contributed by atoms with Crippen molar-refractivity contribution in [1.29, 1.82) is 0 Å². The van der Waals surface area contributed by atoms with Gasteiger partial charge in [-0.25, -0.2) is 0 Å². The van der Waals surface area contributed by atoms with E-state index in [0.717, 1.165) is 31.4 Å². The largest absolute Gasteiger partial charge is 0.504 e. The van der Waals surface area contributed by atoms with E-state index in [4.69, 9.17) is 0 Å². The minimum atomic E-state index is -0.712. The fourth-order valence-corrected chi connectivity index (χ4v) is 5.01. The number of nitrogens with one attached hydrogen (secondary N) is 1. The first-order valence-corrected chi connectivity index (χ1v) is 14.8. The van der Waals surface area contributed by atoms with Crippen molar-refractivity contribution in [3.63, 3.8) is 0 Å². The summed E-state index contributed by atoms with van der Waals surface area (Å²) >= 11 is 2.11. The molecule has 0 radical (unpaired) electrons. The van der Waals surface area contributed by atoms with Crippen LogP contribution in [0.1, 0.15) is 126 Å². The lowest BCUT2D eigenvalue weighted by Gasteiger charge is -2.07. The molecular weight excluding hydrogens is 462 g/mol. The second kappa shape index (κ2) is 20.3. The van der Waals surface area contributed by atoms with Crippen LogP contribution in [-0.2, 0) is 4.79 Å². The number of thioether (sulfide) groups is 1. The molecule has 0 bridgehead atoms. The predicted molar refractivity (Wildman–Crippen MR) is 145 cm³/mol. The molecule has 0 aromatic heterocycles. The van der Waals surface area contributed by atoms with E-state index in [2.05, 4.69) is 24.0 Å². The Labute approximate surface area is 216 Å². The maximum atomic E-state index is 12.0. The zero-order valence-electron chi connectivity index (χ0n) is 21.7. The lowest BCUT2D eigenvalue weighted by Crippen LogP contribution is -2.30. The van der Waals surface area contributed by atoms with Gasteiger partial charge < -0.3 is 15.3 Å². The van der Waals surface area contributed by atoms with Crippen molar-refractivity contribution >= 4 is 23.6 Å². The first-order valence-electron chi connectivity index (χ1n) is 13.6. The number of carbonyl (C=O) groups is 2. The summed E-state index contributed by atoms with van der Waals surface area (Å²) in [5.74, 6) is -0.411. The van der Waals surface area contributed by atoms with Crippen LogP contribution in [-0.4, -0.2) is 38.6 Å². The Balaban J connectivity index is 1.88. The Morgan fingerprint density at radius 2 is 1.11 bits per heavy atom. The van der Waals surface area contributed by atoms with Gasteiger partial charge in [-0.05, 0) is 42.9 Å². The number of benzene rings is 1. The second-order valence-electron chi connectivity index (χ2n) is 9.41. The Kier molecular flexibility index (Phi) is 18.1. The average molecular weight is 510 g/mol. The number of phenols is 3. The lowest BCUT2D eigenvalue weighted by molar-refractivity contribution is -0.120. The highest BCUT2D eigenvalue weighted by Crippen LogP contribution is 2.35. The van der Waals surface area contributed by atoms with Crippen LogP contribution in [0, 0.1) is 0 Å². The fraction of sp³-hybridized carbons (Fsp3) is 0.714. The van der Waals surface area contributed by atoms with Crippen molar-refractivity contribution in [3.05, 3.63) is 17.7 Å². The van der Waals surface area contributed by atoms with Crippen LogP contribution in [0.15, 0.2) is 12.1 Å². The summed E-state index contributed by atoms with van der Waals surface area (Å²) in [5.41, 5.74) is -0.0854. The highest BCUT2D eigenvalue weighted by Gasteiger charge is 2.15. The molecule has 0 saturated heterocycles. The fourth-order valence-electron chi connectivity index (χ4n) is 3.99. The van der Waals surface area contributed by atoms with Crippen LogP contribution in [0.2, 0.25) is 0 Å². The number of rotatable bonds is 21. The quantitative estimate of drug-likeness (QED) is 0.101. The number of imide groups is 1. The molecule has 35 heavy (non-hydrogen) atoms. The van der Waals surface area contributed by atoms with Crippen LogP contribution in [0.5, 0.6) is 17.2 Å². The lowest BCUT2D eigenvalue weighted by atomic mass is 10.1. The zero-order valence-corrected chi connectivity index (χ0v) is 22.5. The Bertz CT molecular complexity index is 702. The van der Waals surface area contributed by atoms with Gasteiger partial charge in [-0.1, -0.05) is 90.4 Å². The van der Waals surface area contributed by atoms with Gasteiger partial charge >= 0.3 is 0 Å². The van der Waals surface area contributed by atoms with E-state index in [-0.39, 0.29) is 17.9 Å². The van der Waals surface area contributed by atoms with Gasteiger partial charge in [0.1, 0.15) is 0 Å². The topological polar surface area (TPSA) is 107 Å². The van der Waals surface area contributed by atoms with Gasteiger partial charge in [0.2, 0.25) is 5.91 Å². The standard InChI is InChI=1S/C28H47NO5S/c1-2-3-4-5-6-10-13-16-19-35-20-17-14-11-8-7-9-12-15-18-26(32)29-28(34)23-21-24(30)27(33)25(31)22-23/h21-22,30-31,33H,2-20H2,1H3,(H,29,32,34). The first-order chi connectivity index (χ1) is 17.0. The summed E-state index contributed by atoms with van der Waals surface area (Å²) in [6, 6.07) is 2.02. The molecule has 0 aliphatic carbocycles. The monoisotopic (exact) mass is 509 g/mol. The van der Waals surface area contributed by atoms with Crippen molar-refractivity contribution in [2.75, 3.05) is 11.5 Å². The van der Waals surface area contributed by atoms with E-state index in [0.29, 0.717) is 0 Å². The molecule has 7 heteroatoms. The van der Waals surface area contributed by atoms with Gasteiger partial charge in [0, 0.05) is 12.0 Å². The SMILES string of the molecule is CCCCCCCCCCSCCCCCCCCCCC(=O)NC(=O)c1cc(O)c(O)c(O)c1. The molecule has 0 spiro atoms. The van der Waals surface area contributed by atoms with E-state index in [1.165, 1.54) is 95.0 Å². The van der Waals surface area contributed by atoms with Gasteiger partial charge in [0.05, 0.1) is 0 Å². The molecule has 2 amide bonds. The van der Waals surface area contributed by atoms with Gasteiger partial charge in [-0.3, -0.25) is 14.9 Å². The van der Waals surface area contributed by atoms with Gasteiger partial charge in [0.15, 0.2) is 17.2 Å². The van der Waals surface area contributed by atoms with Crippen LogP contribution in [0.25, 0.3) is 0 Å². The molecule has 1 rings (SSSR count). The van der Waals surface area contributed by atoms with E-state index in [1.807, 2.05) is 0 Å². The minimum absolute atomic E-state index is 0.0854. The maximum absolute atomic E-state index is 12.0. The van der Waals surface area contributed by atoms with E-state index in [1.54, 1.807) is 0 Å². The Morgan fingerprint density at radius 1 is 0.686 bits per heavy atom. The number of unbranched alkanes of at least 4 members (excludes halogenated alkanes) is 14. The average Bonchev–Trinajstić information content (AvgIpc) is 2.83. The van der Waals surface area contributed by atoms with E-state index < -0.39 is 23.2 Å². The van der Waals surface area contributed by atoms with Crippen molar-refractivity contribution < 1.29 is 24.9 Å². The zero-order chi connectivity index (χ0) is 25.7. The van der Waals surface area contributed by atoms with E-state index in [9.17, 15) is 24.9 Å². The molecule has 6 nitrogen and oxygen atoms in total. The molecule has 0 unspecified atom stereocenters. The summed E-state index contributed by atoms with van der Waals surface area (Å²) in [7, 11) is 0. The first kappa shape index (κ1) is 31.1. The normalized spacial score (nSPS) is 11.0. The van der Waals surface area contributed by atoms with Crippen molar-refractivity contribution in [2.24, 2.45) is 0 Å². The molecule has 0 atom stereocenters. The smallest absolute Gasteiger partial charge is 0.258 e. The van der Waals surface area contributed by atoms with Gasteiger partial charge in [-0.15, -0.1) is 0 Å². The molecule has 0 heterocycles. The molecule has 0 aliphatic heterocycles. The van der Waals surface area contributed by atoms with Gasteiger partial charge in [-0.2, -0.15) is 11.8 Å². The molecule has 1 aromatic carbocycles. The summed E-state index contributed by atoms with van der Waals surface area (Å²) < 4.78 is 0. The van der Waals surface area contributed by atoms with Gasteiger partial charge in [0.25, 0.3) is 5.91 Å². The molecule has 0 aliphatic rings. The molecule has 1 aromatic rings. The number of hydrogen-bond acceptors (Lipinski definition) is 6. The second-order valence-corrected chi connectivity index (χ2v) is 10.6. The molecular formula is C28H47NO5S. The summed E-state index contributed by atoms with van der Waals surface area (Å²) in [6.07, 6.45) is 20.5. The highest BCUT2D eigenvalue weighted by molar-refractivity contribution is 7.99. The summed E-state index contributed by atoms with van der Waals surface area (Å²) in [4.78, 5) is 24.0. The van der Waals surface area contributed by atoms with Crippen molar-refractivity contribution in [2.45, 2.75) is 116 Å². The molecule has 4 N–H and O–H groups in total. The van der Waals surface area contributed by atoms with E-state index >= 15 is 0 Å². The predicted octanol–water partition coefficient (Wildman–Crippen LogP) is 7.44. The third-order valence-electron chi connectivity index (χ3n) is 6.17. The van der Waals surface area contributed by atoms with Crippen LogP contribution >= 0.6 is 11.8 Å². The third kappa shape index (κ3) is 15.7. The van der Waals surface area contributed by atoms with Crippen LogP contribution in [0.3, 0.4) is 0 Å². The molecule has 0 saturated carbocycles. The Hall–Kier alpha value is -1.89. The Morgan fingerprint density at radius 3 is 1.60 bits per heavy atom. The molecule has 0 fully saturated rings. The minimum Gasteiger partial charge on any atom is -0.504 e. The van der Waals surface area contributed by atoms with Crippen molar-refractivity contribution in [1.82, 2.24) is 5.32 Å². The van der Waals surface area contributed by atoms with Crippen LogP contribution in [0.4, 0.5) is 0 Å². The highest BCUT2D eigenvalue weighted by atomic mass is 32.2. The number of aromatic hydroxyl groups is 3. The number of amides is 2. The number of phenolic OH excluding ortho intramolecular Hbond substituents is 3.